The Balaban J connectivity index is 1.61. The van der Waals surface area contributed by atoms with Gasteiger partial charge in [0.1, 0.15) is 17.6 Å². The Morgan fingerprint density at radius 3 is 2.39 bits per heavy atom. The van der Waals surface area contributed by atoms with Gasteiger partial charge in [-0.1, -0.05) is 39.5 Å². The van der Waals surface area contributed by atoms with Crippen LogP contribution in [0.25, 0.3) is 11.4 Å². The number of hydrogen-bond donors (Lipinski definition) is 0. The van der Waals surface area contributed by atoms with Crippen molar-refractivity contribution >= 4 is 5.97 Å². The monoisotopic (exact) mass is 443 g/mol. The van der Waals surface area contributed by atoms with Crippen LogP contribution in [0.5, 0.6) is 11.5 Å². The lowest BCUT2D eigenvalue weighted by molar-refractivity contribution is 0.0734. The van der Waals surface area contributed by atoms with Gasteiger partial charge in [0.05, 0.1) is 17.7 Å². The first kappa shape index (κ1) is 23.9. The van der Waals surface area contributed by atoms with Crippen LogP contribution in [-0.4, -0.2) is 22.5 Å². The number of nitriles is 1. The first-order valence-electron chi connectivity index (χ1n) is 11.4. The summed E-state index contributed by atoms with van der Waals surface area (Å²) in [5, 5.41) is 9.45. The molecule has 0 N–H and O–H groups in total. The Kier molecular flexibility index (Phi) is 8.96. The van der Waals surface area contributed by atoms with Crippen LogP contribution in [0.15, 0.2) is 54.9 Å². The van der Waals surface area contributed by atoms with E-state index >= 15 is 0 Å². The molecule has 0 aliphatic carbocycles. The number of aryl methyl sites for hydroxylation is 1. The second-order valence-electron chi connectivity index (χ2n) is 7.81. The third-order valence-corrected chi connectivity index (χ3v) is 5.16. The van der Waals surface area contributed by atoms with Gasteiger partial charge in [-0.25, -0.2) is 14.8 Å². The Morgan fingerprint density at radius 2 is 1.73 bits per heavy atom. The maximum absolute atomic E-state index is 12.6. The quantitative estimate of drug-likeness (QED) is 0.201. The van der Waals surface area contributed by atoms with Crippen LogP contribution in [0.4, 0.5) is 0 Å². The van der Waals surface area contributed by atoms with Crippen molar-refractivity contribution in [1.82, 2.24) is 9.97 Å². The second kappa shape index (κ2) is 12.4. The summed E-state index contributed by atoms with van der Waals surface area (Å²) in [4.78, 5) is 21.4. The number of benzene rings is 2. The average Bonchev–Trinajstić information content (AvgIpc) is 2.85. The van der Waals surface area contributed by atoms with Gasteiger partial charge in [-0.3, -0.25) is 0 Å². The van der Waals surface area contributed by atoms with E-state index in [0.717, 1.165) is 43.2 Å². The molecule has 0 saturated carbocycles. The van der Waals surface area contributed by atoms with Gasteiger partial charge in [-0.2, -0.15) is 5.26 Å². The lowest BCUT2D eigenvalue weighted by Crippen LogP contribution is -2.09. The zero-order chi connectivity index (χ0) is 23.5. The van der Waals surface area contributed by atoms with Crippen molar-refractivity contribution < 1.29 is 14.3 Å². The van der Waals surface area contributed by atoms with Gasteiger partial charge in [0.2, 0.25) is 0 Å². The summed E-state index contributed by atoms with van der Waals surface area (Å²) in [5.74, 6) is 0.978. The molecule has 0 bridgehead atoms. The molecule has 33 heavy (non-hydrogen) atoms. The second-order valence-corrected chi connectivity index (χ2v) is 7.81. The van der Waals surface area contributed by atoms with Crippen molar-refractivity contribution in [3.05, 3.63) is 71.5 Å². The number of carbonyl (C=O) groups excluding carboxylic acids is 1. The summed E-state index contributed by atoms with van der Waals surface area (Å²) >= 11 is 0. The highest BCUT2D eigenvalue weighted by atomic mass is 16.5. The number of aromatic nitrogens is 2. The topological polar surface area (TPSA) is 85.1 Å². The van der Waals surface area contributed by atoms with E-state index in [9.17, 15) is 10.1 Å². The third kappa shape index (κ3) is 6.88. The van der Waals surface area contributed by atoms with E-state index in [1.807, 2.05) is 24.5 Å². The summed E-state index contributed by atoms with van der Waals surface area (Å²) in [5.41, 5.74) is 2.56. The average molecular weight is 444 g/mol. The van der Waals surface area contributed by atoms with Crippen LogP contribution in [0.3, 0.4) is 0 Å². The van der Waals surface area contributed by atoms with E-state index in [-0.39, 0.29) is 0 Å². The number of rotatable bonds is 11. The lowest BCUT2D eigenvalue weighted by Gasteiger charge is -2.10. The summed E-state index contributed by atoms with van der Waals surface area (Å²) in [6.07, 6.45) is 10.0. The van der Waals surface area contributed by atoms with E-state index in [4.69, 9.17) is 9.47 Å². The molecule has 3 aromatic rings. The molecule has 0 aliphatic rings. The molecule has 0 spiro atoms. The van der Waals surface area contributed by atoms with Crippen LogP contribution in [0.2, 0.25) is 0 Å². The minimum Gasteiger partial charge on any atom is -0.492 e. The molecule has 1 aromatic heterocycles. The van der Waals surface area contributed by atoms with Crippen LogP contribution < -0.4 is 9.47 Å². The highest BCUT2D eigenvalue weighted by Gasteiger charge is 2.13. The Morgan fingerprint density at radius 1 is 0.970 bits per heavy atom. The fourth-order valence-corrected chi connectivity index (χ4v) is 3.34. The third-order valence-electron chi connectivity index (χ3n) is 5.16. The van der Waals surface area contributed by atoms with Crippen molar-refractivity contribution in [2.24, 2.45) is 0 Å². The Hall–Kier alpha value is -3.72. The Labute approximate surface area is 195 Å². The van der Waals surface area contributed by atoms with Gasteiger partial charge in [0.25, 0.3) is 0 Å². The molecule has 0 fully saturated rings. The van der Waals surface area contributed by atoms with Crippen molar-refractivity contribution in [2.75, 3.05) is 6.61 Å². The molecule has 6 heteroatoms. The number of esters is 1. The van der Waals surface area contributed by atoms with Crippen LogP contribution >= 0.6 is 0 Å². The fraction of sp³-hybridized carbons (Fsp3) is 0.333. The van der Waals surface area contributed by atoms with E-state index in [2.05, 4.69) is 29.9 Å². The first-order valence-corrected chi connectivity index (χ1v) is 11.4. The van der Waals surface area contributed by atoms with Crippen molar-refractivity contribution in [1.29, 1.82) is 5.26 Å². The normalized spacial score (nSPS) is 10.5. The molecule has 0 radical (unpaired) electrons. The predicted octanol–water partition coefficient (Wildman–Crippen LogP) is 6.15. The van der Waals surface area contributed by atoms with Gasteiger partial charge >= 0.3 is 5.97 Å². The van der Waals surface area contributed by atoms with Crippen LogP contribution in [0, 0.1) is 11.3 Å². The molecule has 0 unspecified atom stereocenters. The molecular formula is C27H29N3O3. The molecule has 0 atom stereocenters. The fourth-order valence-electron chi connectivity index (χ4n) is 3.34. The summed E-state index contributed by atoms with van der Waals surface area (Å²) in [7, 11) is 0. The number of carbonyl (C=O) groups is 1. The van der Waals surface area contributed by atoms with Gasteiger partial charge in [-0.15, -0.1) is 0 Å². The van der Waals surface area contributed by atoms with Gasteiger partial charge < -0.3 is 9.47 Å². The minimum absolute atomic E-state index is 0.295. The minimum atomic E-state index is -0.533. The van der Waals surface area contributed by atoms with E-state index < -0.39 is 5.97 Å². The molecule has 0 amide bonds. The molecule has 2 aromatic carbocycles. The largest absolute Gasteiger partial charge is 0.492 e. The molecule has 6 nitrogen and oxygen atoms in total. The lowest BCUT2D eigenvalue weighted by atomic mass is 10.1. The van der Waals surface area contributed by atoms with Crippen LogP contribution in [-0.2, 0) is 6.42 Å². The zero-order valence-corrected chi connectivity index (χ0v) is 19.2. The zero-order valence-electron chi connectivity index (χ0n) is 19.2. The first-order chi connectivity index (χ1) is 16.1. The molecule has 1 heterocycles. The van der Waals surface area contributed by atoms with Crippen LogP contribution in [0.1, 0.15) is 67.4 Å². The standard InChI is InChI=1S/C27H29N3O3/c1-3-5-6-7-15-32-25-14-11-22(16-23(25)17-28)27(31)33-24-12-9-21(10-13-24)26-29-18-20(8-4-2)19-30-26/h9-14,16,18-19H,3-8,15H2,1-2H3. The molecule has 170 valence electrons. The van der Waals surface area contributed by atoms with Gasteiger partial charge in [0, 0.05) is 18.0 Å². The van der Waals surface area contributed by atoms with E-state index in [1.54, 1.807) is 24.3 Å². The summed E-state index contributed by atoms with van der Waals surface area (Å²) in [6.45, 7) is 4.82. The SMILES string of the molecule is CCCCCCOc1ccc(C(=O)Oc2ccc(-c3ncc(CCC)cn3)cc2)cc1C#N. The molecular weight excluding hydrogens is 414 g/mol. The van der Waals surface area contributed by atoms with Gasteiger partial charge in [-0.05, 0) is 60.9 Å². The van der Waals surface area contributed by atoms with E-state index in [1.165, 1.54) is 12.5 Å². The molecule has 0 saturated heterocycles. The number of ether oxygens (including phenoxy) is 2. The summed E-state index contributed by atoms with van der Waals surface area (Å²) < 4.78 is 11.2. The van der Waals surface area contributed by atoms with Crippen molar-refractivity contribution in [2.45, 2.75) is 52.4 Å². The summed E-state index contributed by atoms with van der Waals surface area (Å²) in [6, 6.07) is 13.9. The van der Waals surface area contributed by atoms with Crippen molar-refractivity contribution in [3.63, 3.8) is 0 Å². The number of hydrogen-bond acceptors (Lipinski definition) is 6. The highest BCUT2D eigenvalue weighted by Crippen LogP contribution is 2.23. The smallest absolute Gasteiger partial charge is 0.343 e. The maximum Gasteiger partial charge on any atom is 0.343 e. The predicted molar refractivity (Wildman–Crippen MR) is 127 cm³/mol. The number of unbranched alkanes of at least 4 members (excludes halogenated alkanes) is 3. The van der Waals surface area contributed by atoms with E-state index in [0.29, 0.717) is 35.1 Å². The number of nitrogens with zero attached hydrogens (tertiary/aromatic N) is 3. The molecule has 0 aliphatic heterocycles. The molecule has 3 rings (SSSR count). The van der Waals surface area contributed by atoms with Gasteiger partial charge in [0.15, 0.2) is 5.82 Å². The highest BCUT2D eigenvalue weighted by molar-refractivity contribution is 5.91. The Bertz CT molecular complexity index is 1090. The van der Waals surface area contributed by atoms with Crippen molar-refractivity contribution in [3.8, 4) is 29.0 Å². The maximum atomic E-state index is 12.6.